The summed E-state index contributed by atoms with van der Waals surface area (Å²) < 4.78 is 0. The third-order valence-corrected chi connectivity index (χ3v) is 3.47. The van der Waals surface area contributed by atoms with Crippen molar-refractivity contribution in [2.24, 2.45) is 0 Å². The molecule has 1 fully saturated rings. The van der Waals surface area contributed by atoms with Gasteiger partial charge in [0.2, 0.25) is 5.91 Å². The molecule has 0 bridgehead atoms. The van der Waals surface area contributed by atoms with Crippen molar-refractivity contribution in [1.29, 1.82) is 0 Å². The zero-order chi connectivity index (χ0) is 15.1. The Bertz CT molecular complexity index is 501. The maximum absolute atomic E-state index is 11.9. The Kier molecular flexibility index (Phi) is 5.51. The number of carbonyl (C=O) groups excluding carboxylic acids is 1. The highest BCUT2D eigenvalue weighted by Crippen LogP contribution is 2.22. The van der Waals surface area contributed by atoms with Gasteiger partial charge >= 0.3 is 0 Å². The van der Waals surface area contributed by atoms with Gasteiger partial charge in [-0.2, -0.15) is 0 Å². The zero-order valence-electron chi connectivity index (χ0n) is 11.8. The number of nitrogens with zero attached hydrogens (tertiary/aromatic N) is 1. The van der Waals surface area contributed by atoms with Gasteiger partial charge in [0.25, 0.3) is 5.69 Å². The molecule has 1 unspecified atom stereocenters. The minimum absolute atomic E-state index is 0.000869. The van der Waals surface area contributed by atoms with E-state index in [1.807, 2.05) is 0 Å². The number of anilines is 1. The number of nitro groups is 1. The van der Waals surface area contributed by atoms with E-state index in [1.54, 1.807) is 18.2 Å². The number of nitrogens with one attached hydrogen (secondary N) is 3. The zero-order valence-corrected chi connectivity index (χ0v) is 11.8. The van der Waals surface area contributed by atoms with E-state index in [4.69, 9.17) is 0 Å². The molecule has 1 heterocycles. The molecule has 2 rings (SSSR count). The molecule has 0 radical (unpaired) electrons. The summed E-state index contributed by atoms with van der Waals surface area (Å²) in [4.78, 5) is 22.3. The van der Waals surface area contributed by atoms with Crippen LogP contribution in [0, 0.1) is 10.1 Å². The molecule has 1 atom stereocenters. The summed E-state index contributed by atoms with van der Waals surface area (Å²) in [7, 11) is 0. The number of hydrogen-bond acceptors (Lipinski definition) is 5. The number of piperidine rings is 1. The van der Waals surface area contributed by atoms with Crippen molar-refractivity contribution in [1.82, 2.24) is 10.6 Å². The molecule has 3 N–H and O–H groups in total. The molecule has 1 aliphatic rings. The summed E-state index contributed by atoms with van der Waals surface area (Å²) in [6.45, 7) is 1.76. The van der Waals surface area contributed by atoms with E-state index >= 15 is 0 Å². The maximum atomic E-state index is 11.9. The van der Waals surface area contributed by atoms with E-state index < -0.39 is 4.92 Å². The number of carbonyl (C=O) groups is 1. The fraction of sp³-hybridized carbons (Fsp3) is 0.500. The van der Waals surface area contributed by atoms with Crippen molar-refractivity contribution in [3.05, 3.63) is 34.4 Å². The van der Waals surface area contributed by atoms with E-state index in [0.717, 1.165) is 25.8 Å². The Hall–Kier alpha value is -2.15. The number of hydrogen-bond donors (Lipinski definition) is 3. The molecule has 7 heteroatoms. The van der Waals surface area contributed by atoms with Crippen LogP contribution in [0.25, 0.3) is 0 Å². The highest BCUT2D eigenvalue weighted by molar-refractivity contribution is 5.81. The molecule has 1 saturated heterocycles. The number of benzene rings is 1. The van der Waals surface area contributed by atoms with Crippen molar-refractivity contribution in [3.63, 3.8) is 0 Å². The van der Waals surface area contributed by atoms with Crippen molar-refractivity contribution < 1.29 is 9.72 Å². The smallest absolute Gasteiger partial charge is 0.292 e. The first-order valence-corrected chi connectivity index (χ1v) is 7.17. The van der Waals surface area contributed by atoms with Gasteiger partial charge in [0.1, 0.15) is 5.69 Å². The van der Waals surface area contributed by atoms with Gasteiger partial charge in [-0.1, -0.05) is 18.6 Å². The largest absolute Gasteiger partial charge is 0.378 e. The first-order chi connectivity index (χ1) is 10.2. The topological polar surface area (TPSA) is 96.3 Å². The Balaban J connectivity index is 1.74. The molecular weight excluding hydrogens is 272 g/mol. The molecule has 21 heavy (non-hydrogen) atoms. The molecule has 0 aromatic heterocycles. The molecule has 1 aromatic rings. The number of para-hydroxylation sites is 2. The van der Waals surface area contributed by atoms with Crippen molar-refractivity contribution in [2.75, 3.05) is 25.0 Å². The summed E-state index contributed by atoms with van der Waals surface area (Å²) in [6.07, 6.45) is 3.05. The summed E-state index contributed by atoms with van der Waals surface area (Å²) in [6, 6.07) is 6.36. The Labute approximate surface area is 123 Å². The lowest BCUT2D eigenvalue weighted by molar-refractivity contribution is -0.384. The second-order valence-corrected chi connectivity index (χ2v) is 4.99. The van der Waals surface area contributed by atoms with Gasteiger partial charge in [-0.15, -0.1) is 0 Å². The molecule has 1 aromatic carbocycles. The minimum atomic E-state index is -0.424. The second-order valence-electron chi connectivity index (χ2n) is 4.99. The van der Waals surface area contributed by atoms with Crippen LogP contribution in [0.2, 0.25) is 0 Å². The van der Waals surface area contributed by atoms with E-state index in [2.05, 4.69) is 16.0 Å². The van der Waals surface area contributed by atoms with E-state index in [1.165, 1.54) is 6.07 Å². The van der Waals surface area contributed by atoms with Crippen LogP contribution in [0.3, 0.4) is 0 Å². The first kappa shape index (κ1) is 15.2. The Morgan fingerprint density at radius 2 is 2.14 bits per heavy atom. The molecule has 0 aliphatic carbocycles. The maximum Gasteiger partial charge on any atom is 0.292 e. The quantitative estimate of drug-likeness (QED) is 0.417. The fourth-order valence-electron chi connectivity index (χ4n) is 2.36. The van der Waals surface area contributed by atoms with Crippen molar-refractivity contribution in [2.45, 2.75) is 25.3 Å². The van der Waals surface area contributed by atoms with Gasteiger partial charge < -0.3 is 16.0 Å². The van der Waals surface area contributed by atoms with Crippen LogP contribution in [-0.2, 0) is 4.79 Å². The minimum Gasteiger partial charge on any atom is -0.378 e. The molecule has 1 amide bonds. The lowest BCUT2D eigenvalue weighted by atomic mass is 10.0. The van der Waals surface area contributed by atoms with Gasteiger partial charge in [0, 0.05) is 19.2 Å². The van der Waals surface area contributed by atoms with Gasteiger partial charge in [0.15, 0.2) is 0 Å². The number of amides is 1. The lowest BCUT2D eigenvalue weighted by Crippen LogP contribution is -2.47. The average molecular weight is 292 g/mol. The predicted molar refractivity (Wildman–Crippen MR) is 80.2 cm³/mol. The van der Waals surface area contributed by atoms with E-state index in [9.17, 15) is 14.9 Å². The molecular formula is C14H20N4O3. The highest BCUT2D eigenvalue weighted by atomic mass is 16.6. The number of nitro benzene ring substituents is 1. The summed E-state index contributed by atoms with van der Waals surface area (Å²) in [5.74, 6) is -0.000869. The van der Waals surface area contributed by atoms with Crippen LogP contribution in [0.4, 0.5) is 11.4 Å². The highest BCUT2D eigenvalue weighted by Gasteiger charge is 2.19. The molecule has 1 aliphatic heterocycles. The molecule has 7 nitrogen and oxygen atoms in total. The Morgan fingerprint density at radius 1 is 1.33 bits per heavy atom. The van der Waals surface area contributed by atoms with Crippen molar-refractivity contribution in [3.8, 4) is 0 Å². The standard InChI is InChI=1S/C14H20N4O3/c19-14(12-6-3-4-8-15-12)17-10-9-16-11-5-1-2-7-13(11)18(20)21/h1-2,5,7,12,15-16H,3-4,6,8-10H2,(H,17,19). The lowest BCUT2D eigenvalue weighted by Gasteiger charge is -2.22. The second kappa shape index (κ2) is 7.58. The summed E-state index contributed by atoms with van der Waals surface area (Å²) in [5, 5.41) is 19.9. The third kappa shape index (κ3) is 4.42. The van der Waals surface area contributed by atoms with Crippen LogP contribution < -0.4 is 16.0 Å². The van der Waals surface area contributed by atoms with E-state index in [0.29, 0.717) is 18.8 Å². The van der Waals surface area contributed by atoms with Crippen LogP contribution in [-0.4, -0.2) is 36.5 Å². The summed E-state index contributed by atoms with van der Waals surface area (Å²) >= 11 is 0. The fourth-order valence-corrected chi connectivity index (χ4v) is 2.36. The monoisotopic (exact) mass is 292 g/mol. The van der Waals surface area contributed by atoms with E-state index in [-0.39, 0.29) is 17.6 Å². The normalized spacial score (nSPS) is 18.0. The predicted octanol–water partition coefficient (Wildman–Crippen LogP) is 1.26. The molecule has 114 valence electrons. The van der Waals surface area contributed by atoms with Crippen LogP contribution in [0.5, 0.6) is 0 Å². The molecule has 0 spiro atoms. The van der Waals surface area contributed by atoms with Gasteiger partial charge in [-0.25, -0.2) is 0 Å². The van der Waals surface area contributed by atoms with Crippen LogP contribution in [0.1, 0.15) is 19.3 Å². The third-order valence-electron chi connectivity index (χ3n) is 3.47. The molecule has 0 saturated carbocycles. The van der Waals surface area contributed by atoms with Gasteiger partial charge in [0.05, 0.1) is 11.0 Å². The first-order valence-electron chi connectivity index (χ1n) is 7.17. The average Bonchev–Trinajstić information content (AvgIpc) is 2.52. The number of rotatable bonds is 6. The summed E-state index contributed by atoms with van der Waals surface area (Å²) in [5.41, 5.74) is 0.505. The van der Waals surface area contributed by atoms with Crippen LogP contribution in [0.15, 0.2) is 24.3 Å². The SMILES string of the molecule is O=C(NCCNc1ccccc1[N+](=O)[O-])C1CCCCN1. The van der Waals surface area contributed by atoms with Crippen LogP contribution >= 0.6 is 0 Å². The van der Waals surface area contributed by atoms with Gasteiger partial charge in [-0.05, 0) is 25.5 Å². The Morgan fingerprint density at radius 3 is 2.86 bits per heavy atom. The van der Waals surface area contributed by atoms with Gasteiger partial charge in [-0.3, -0.25) is 14.9 Å². The van der Waals surface area contributed by atoms with Crippen molar-refractivity contribution >= 4 is 17.3 Å².